The summed E-state index contributed by atoms with van der Waals surface area (Å²) in [4.78, 5) is 86.4. The number of ether oxygens (including phenoxy) is 3. The first-order chi connectivity index (χ1) is 33.7. The standard InChI is InChI=1S/C50H61BrN10O9/c1-30(2)44(53-3)46(63)58-39(10-7-17-54-48(52)65)45(62)56-34-13-11-31(12-14-34)29-69-49(66)55-18-23-68-35-15-16-38-32(24-35)25-40(57-38)47(64)61-28-33(27-51)43-37-9-6-5-8-36(37)42(26-41(43)61)70-50(67)60-21-19-59(4)20-22-60/h5-6,8-9,11-16,24-26,30,33,39,44,53,57H,7,10,17-23,27-29H2,1-4H3,(H,55,66)(H,56,62)(H,58,63)(H3,52,54,65)/t33-,39+,44+/m1/s1. The number of rotatable bonds is 19. The molecular weight excluding hydrogens is 965 g/mol. The van der Waals surface area contributed by atoms with Gasteiger partial charge < -0.3 is 66.2 Å². The zero-order chi connectivity index (χ0) is 49.9. The molecule has 0 saturated carbocycles. The zero-order valence-corrected chi connectivity index (χ0v) is 41.4. The Bertz CT molecular complexity index is 2690. The largest absolute Gasteiger partial charge is 0.492 e. The van der Waals surface area contributed by atoms with Gasteiger partial charge >= 0.3 is 18.2 Å². The molecule has 19 nitrogen and oxygen atoms in total. The van der Waals surface area contributed by atoms with Crippen LogP contribution in [0.4, 0.5) is 25.8 Å². The molecule has 7 rings (SSSR count). The van der Waals surface area contributed by atoms with E-state index in [1.165, 1.54) is 0 Å². The number of alkyl halides is 1. The Morgan fingerprint density at radius 3 is 2.33 bits per heavy atom. The number of H-pyrrole nitrogens is 1. The van der Waals surface area contributed by atoms with Crippen LogP contribution in [-0.2, 0) is 20.9 Å². The normalized spacial score (nSPS) is 15.5. The predicted octanol–water partition coefficient (Wildman–Crippen LogP) is 5.63. The number of primary amides is 1. The molecule has 372 valence electrons. The van der Waals surface area contributed by atoms with Crippen molar-refractivity contribution in [1.82, 2.24) is 36.1 Å². The average molecular weight is 1030 g/mol. The van der Waals surface area contributed by atoms with Gasteiger partial charge in [0, 0.05) is 78.6 Å². The number of anilines is 2. The predicted molar refractivity (Wildman–Crippen MR) is 271 cm³/mol. The van der Waals surface area contributed by atoms with Crippen molar-refractivity contribution in [2.24, 2.45) is 11.7 Å². The van der Waals surface area contributed by atoms with Gasteiger partial charge in [-0.1, -0.05) is 66.2 Å². The van der Waals surface area contributed by atoms with E-state index in [1.54, 1.807) is 53.2 Å². The van der Waals surface area contributed by atoms with E-state index in [-0.39, 0.29) is 56.4 Å². The molecule has 8 N–H and O–H groups in total. The summed E-state index contributed by atoms with van der Waals surface area (Å²) in [5.74, 6) is -0.0152. The molecule has 4 aromatic carbocycles. The van der Waals surface area contributed by atoms with E-state index in [2.05, 4.69) is 52.4 Å². The first kappa shape index (κ1) is 51.0. The third-order valence-corrected chi connectivity index (χ3v) is 13.2. The number of halogens is 1. The van der Waals surface area contributed by atoms with Gasteiger partial charge in [-0.15, -0.1) is 0 Å². The van der Waals surface area contributed by atoms with E-state index < -0.39 is 36.2 Å². The molecule has 20 heteroatoms. The van der Waals surface area contributed by atoms with E-state index >= 15 is 0 Å². The SMILES string of the molecule is CN[C@H](C(=O)N[C@@H](CCCNC(N)=O)C(=O)Nc1ccc(COC(=O)NCCOc2ccc3[nH]c(C(=O)N4C[C@@H](CBr)c5c4cc(OC(=O)N4CCN(C)CC4)c4ccccc54)cc3c2)cc1)C(C)C. The number of carbonyl (C=O) groups is 6. The van der Waals surface area contributed by atoms with E-state index in [0.717, 1.165) is 40.3 Å². The van der Waals surface area contributed by atoms with Crippen molar-refractivity contribution in [2.45, 2.75) is 51.3 Å². The van der Waals surface area contributed by atoms with Gasteiger partial charge in [0.15, 0.2) is 0 Å². The molecule has 70 heavy (non-hydrogen) atoms. The second kappa shape index (κ2) is 23.6. The monoisotopic (exact) mass is 1020 g/mol. The number of hydrogen-bond donors (Lipinski definition) is 7. The van der Waals surface area contributed by atoms with Crippen LogP contribution in [0.5, 0.6) is 11.5 Å². The number of nitrogens with two attached hydrogens (primary N) is 1. The Labute approximate surface area is 414 Å². The fourth-order valence-corrected chi connectivity index (χ4v) is 9.20. The summed E-state index contributed by atoms with van der Waals surface area (Å²) in [7, 11) is 3.71. The highest BCUT2D eigenvalue weighted by Gasteiger charge is 2.36. The molecule has 1 fully saturated rings. The molecule has 3 heterocycles. The molecule has 0 bridgehead atoms. The van der Waals surface area contributed by atoms with Crippen molar-refractivity contribution in [3.8, 4) is 11.5 Å². The van der Waals surface area contributed by atoms with Gasteiger partial charge in [0.25, 0.3) is 5.91 Å². The number of benzene rings is 4. The first-order valence-electron chi connectivity index (χ1n) is 23.4. The van der Waals surface area contributed by atoms with E-state index in [4.69, 9.17) is 19.9 Å². The maximum absolute atomic E-state index is 14.3. The van der Waals surface area contributed by atoms with Crippen LogP contribution in [0, 0.1) is 5.92 Å². The lowest BCUT2D eigenvalue weighted by Gasteiger charge is -2.31. The zero-order valence-electron chi connectivity index (χ0n) is 39.8. The molecule has 2 aliphatic rings. The van der Waals surface area contributed by atoms with Crippen LogP contribution in [0.3, 0.4) is 0 Å². The number of nitrogens with zero attached hydrogens (tertiary/aromatic N) is 3. The third-order valence-electron chi connectivity index (χ3n) is 12.4. The summed E-state index contributed by atoms with van der Waals surface area (Å²) in [6, 6.07) is 21.6. The van der Waals surface area contributed by atoms with Gasteiger partial charge in [0.05, 0.1) is 18.3 Å². The van der Waals surface area contributed by atoms with E-state index in [1.807, 2.05) is 63.4 Å². The molecule has 0 radical (unpaired) electrons. The summed E-state index contributed by atoms with van der Waals surface area (Å²) in [6.07, 6.45) is -0.389. The van der Waals surface area contributed by atoms with Gasteiger partial charge in [-0.25, -0.2) is 14.4 Å². The fraction of sp³-hybridized carbons (Fsp3) is 0.400. The van der Waals surface area contributed by atoms with Crippen LogP contribution in [0.1, 0.15) is 54.2 Å². The number of urea groups is 1. The number of hydrogen-bond acceptors (Lipinski definition) is 11. The maximum atomic E-state index is 14.3. The second-order valence-corrected chi connectivity index (χ2v) is 18.4. The number of nitrogens with one attached hydrogen (secondary N) is 6. The molecule has 0 spiro atoms. The molecule has 1 saturated heterocycles. The van der Waals surface area contributed by atoms with Gasteiger partial charge in [0.2, 0.25) is 11.8 Å². The summed E-state index contributed by atoms with van der Waals surface area (Å²) >= 11 is 3.68. The summed E-state index contributed by atoms with van der Waals surface area (Å²) in [5, 5.41) is 16.9. The minimum atomic E-state index is -0.870. The number of amides is 7. The first-order valence-corrected chi connectivity index (χ1v) is 24.5. The van der Waals surface area contributed by atoms with Gasteiger partial charge in [-0.3, -0.25) is 14.4 Å². The maximum Gasteiger partial charge on any atom is 0.415 e. The molecule has 1 aromatic heterocycles. The fourth-order valence-electron chi connectivity index (χ4n) is 8.68. The minimum Gasteiger partial charge on any atom is -0.492 e. The average Bonchev–Trinajstić information content (AvgIpc) is 3.95. The molecule has 5 aromatic rings. The number of piperazine rings is 1. The van der Waals surface area contributed by atoms with Crippen molar-refractivity contribution in [3.05, 3.63) is 95.7 Å². The third kappa shape index (κ3) is 12.6. The lowest BCUT2D eigenvalue weighted by atomic mass is 9.95. The number of fused-ring (bicyclic) bond motifs is 4. The van der Waals surface area contributed by atoms with Gasteiger partial charge in [-0.05, 0) is 85.8 Å². The molecule has 0 aliphatic carbocycles. The topological polar surface area (TPSA) is 242 Å². The number of aromatic nitrogens is 1. The highest BCUT2D eigenvalue weighted by atomic mass is 79.9. The van der Waals surface area contributed by atoms with Crippen LogP contribution >= 0.6 is 15.9 Å². The van der Waals surface area contributed by atoms with Crippen molar-refractivity contribution in [3.63, 3.8) is 0 Å². The van der Waals surface area contributed by atoms with Gasteiger partial charge in [-0.2, -0.15) is 0 Å². The van der Waals surface area contributed by atoms with Crippen LogP contribution in [0.15, 0.2) is 78.9 Å². The Balaban J connectivity index is 0.899. The van der Waals surface area contributed by atoms with Crippen LogP contribution in [0.2, 0.25) is 0 Å². The molecule has 2 aliphatic heterocycles. The minimum absolute atomic E-state index is 0.00974. The highest BCUT2D eigenvalue weighted by molar-refractivity contribution is 9.09. The summed E-state index contributed by atoms with van der Waals surface area (Å²) < 4.78 is 17.4. The van der Waals surface area contributed by atoms with Crippen molar-refractivity contribution in [1.29, 1.82) is 0 Å². The molecule has 7 amide bonds. The van der Waals surface area contributed by atoms with Crippen molar-refractivity contribution >= 4 is 84.9 Å². The number of alkyl carbamates (subject to hydrolysis) is 1. The Morgan fingerprint density at radius 1 is 0.886 bits per heavy atom. The smallest absolute Gasteiger partial charge is 0.415 e. The quantitative estimate of drug-likeness (QED) is 0.0395. The van der Waals surface area contributed by atoms with Crippen molar-refractivity contribution < 1.29 is 43.0 Å². The lowest BCUT2D eigenvalue weighted by Crippen LogP contribution is -2.52. The summed E-state index contributed by atoms with van der Waals surface area (Å²) in [5.41, 5.74) is 9.17. The van der Waals surface area contributed by atoms with Crippen molar-refractivity contribution in [2.75, 3.05) is 82.1 Å². The molecular formula is C50H61BrN10O9. The number of aromatic amines is 1. The van der Waals surface area contributed by atoms with Crippen LogP contribution in [-0.4, -0.2) is 135 Å². The highest BCUT2D eigenvalue weighted by Crippen LogP contribution is 2.46. The number of carbonyl (C=O) groups excluding carboxylic acids is 6. The Morgan fingerprint density at radius 2 is 1.63 bits per heavy atom. The van der Waals surface area contributed by atoms with E-state index in [0.29, 0.717) is 65.5 Å². The lowest BCUT2D eigenvalue weighted by molar-refractivity contribution is -0.128. The molecule has 3 atom stereocenters. The second-order valence-electron chi connectivity index (χ2n) is 17.8. The van der Waals surface area contributed by atoms with Gasteiger partial charge in [0.1, 0.15) is 36.4 Å². The van der Waals surface area contributed by atoms with E-state index in [9.17, 15) is 28.8 Å². The van der Waals surface area contributed by atoms with Crippen LogP contribution in [0.25, 0.3) is 21.7 Å². The Hall–Kier alpha value is -6.90. The Kier molecular flexibility index (Phi) is 17.2. The summed E-state index contributed by atoms with van der Waals surface area (Å²) in [6.45, 7) is 7.44. The van der Waals surface area contributed by atoms with Crippen LogP contribution < -0.4 is 46.7 Å². The number of likely N-dealkylation sites (N-methyl/N-ethyl adjacent to an activating group) is 2. The molecule has 0 unspecified atom stereocenters.